The first-order chi connectivity index (χ1) is 14.0. The molecule has 0 radical (unpaired) electrons. The minimum Gasteiger partial charge on any atom is -0.494 e. The lowest BCUT2D eigenvalue weighted by Crippen LogP contribution is -2.47. The van der Waals surface area contributed by atoms with Crippen LogP contribution in [0.25, 0.3) is 11.1 Å². The number of likely N-dealkylation sites (tertiary alicyclic amines) is 1. The summed E-state index contributed by atoms with van der Waals surface area (Å²) in [6.45, 7) is 5.26. The van der Waals surface area contributed by atoms with E-state index in [0.29, 0.717) is 17.9 Å². The molecular weight excluding hydrogens is 369 g/mol. The second-order valence-corrected chi connectivity index (χ2v) is 7.99. The first-order valence-electron chi connectivity index (χ1n) is 10.4. The Hall–Kier alpha value is -2.47. The number of aryl methyl sites for hydroxylation is 1. The van der Waals surface area contributed by atoms with Gasteiger partial charge in [-0.25, -0.2) is 4.39 Å². The SMILES string of the molecule is CCOc1ccc(F)c(-c2cc(C3CCC4(CCN(C)C4=O)N3)ncc2CC)c1. The lowest BCUT2D eigenvalue weighted by molar-refractivity contribution is -0.131. The number of hydrogen-bond donors (Lipinski definition) is 1. The molecular formula is C23H28FN3O2. The number of nitrogens with zero attached hydrogens (tertiary/aromatic N) is 2. The van der Waals surface area contributed by atoms with Crippen molar-refractivity contribution in [3.63, 3.8) is 0 Å². The molecule has 1 aromatic heterocycles. The van der Waals surface area contributed by atoms with Gasteiger partial charge in [-0.3, -0.25) is 15.1 Å². The zero-order valence-electron chi connectivity index (χ0n) is 17.3. The van der Waals surface area contributed by atoms with Crippen molar-refractivity contribution in [2.75, 3.05) is 20.2 Å². The number of halogens is 1. The van der Waals surface area contributed by atoms with Gasteiger partial charge in [-0.15, -0.1) is 0 Å². The third-order valence-corrected chi connectivity index (χ3v) is 6.22. The van der Waals surface area contributed by atoms with Gasteiger partial charge in [0.25, 0.3) is 0 Å². The fourth-order valence-electron chi connectivity index (χ4n) is 4.58. The summed E-state index contributed by atoms with van der Waals surface area (Å²) >= 11 is 0. The van der Waals surface area contributed by atoms with Gasteiger partial charge in [0.05, 0.1) is 18.3 Å². The van der Waals surface area contributed by atoms with Crippen molar-refractivity contribution >= 4 is 5.91 Å². The van der Waals surface area contributed by atoms with Gasteiger partial charge in [0, 0.05) is 25.4 Å². The topological polar surface area (TPSA) is 54.5 Å². The molecule has 2 aliphatic rings. The van der Waals surface area contributed by atoms with Crippen molar-refractivity contribution in [1.29, 1.82) is 0 Å². The number of nitrogens with one attached hydrogen (secondary N) is 1. The van der Waals surface area contributed by atoms with Crippen LogP contribution in [-0.2, 0) is 11.2 Å². The average molecular weight is 397 g/mol. The number of benzene rings is 1. The third-order valence-electron chi connectivity index (χ3n) is 6.22. The van der Waals surface area contributed by atoms with E-state index in [4.69, 9.17) is 4.74 Å². The molecule has 1 amide bonds. The van der Waals surface area contributed by atoms with Crippen molar-refractivity contribution in [1.82, 2.24) is 15.2 Å². The van der Waals surface area contributed by atoms with E-state index in [1.807, 2.05) is 33.2 Å². The Bertz CT molecular complexity index is 932. The van der Waals surface area contributed by atoms with Gasteiger partial charge >= 0.3 is 0 Å². The van der Waals surface area contributed by atoms with E-state index in [2.05, 4.69) is 10.3 Å². The van der Waals surface area contributed by atoms with Crippen molar-refractivity contribution in [3.05, 3.63) is 47.5 Å². The van der Waals surface area contributed by atoms with Gasteiger partial charge in [0.1, 0.15) is 17.1 Å². The van der Waals surface area contributed by atoms with Crippen LogP contribution in [0.5, 0.6) is 5.75 Å². The zero-order chi connectivity index (χ0) is 20.6. The highest BCUT2D eigenvalue weighted by Crippen LogP contribution is 2.40. The Kier molecular flexibility index (Phi) is 5.30. The highest BCUT2D eigenvalue weighted by Gasteiger charge is 2.50. The number of likely N-dealkylation sites (N-methyl/N-ethyl adjacent to an activating group) is 1. The molecule has 154 valence electrons. The maximum Gasteiger partial charge on any atom is 0.242 e. The van der Waals surface area contributed by atoms with Gasteiger partial charge in [-0.05, 0) is 68.0 Å². The fraction of sp³-hybridized carbons (Fsp3) is 0.478. The van der Waals surface area contributed by atoms with E-state index >= 15 is 0 Å². The molecule has 2 atom stereocenters. The van der Waals surface area contributed by atoms with Gasteiger partial charge in [0.2, 0.25) is 5.91 Å². The average Bonchev–Trinajstić information content (AvgIpc) is 3.29. The molecule has 2 fully saturated rings. The Morgan fingerprint density at radius 1 is 1.28 bits per heavy atom. The Morgan fingerprint density at radius 3 is 2.79 bits per heavy atom. The van der Waals surface area contributed by atoms with E-state index in [1.165, 1.54) is 6.07 Å². The van der Waals surface area contributed by atoms with Crippen LogP contribution in [0, 0.1) is 5.82 Å². The summed E-state index contributed by atoms with van der Waals surface area (Å²) in [6, 6.07) is 6.84. The largest absolute Gasteiger partial charge is 0.494 e. The number of carbonyl (C=O) groups is 1. The third kappa shape index (κ3) is 3.50. The minimum absolute atomic E-state index is 0.00626. The number of rotatable bonds is 5. The van der Waals surface area contributed by atoms with Gasteiger partial charge in [0.15, 0.2) is 0 Å². The second kappa shape index (κ2) is 7.75. The quantitative estimate of drug-likeness (QED) is 0.832. The Morgan fingerprint density at radius 2 is 2.10 bits per heavy atom. The molecule has 29 heavy (non-hydrogen) atoms. The first-order valence-corrected chi connectivity index (χ1v) is 10.4. The molecule has 4 rings (SSSR count). The van der Waals surface area contributed by atoms with Crippen LogP contribution < -0.4 is 10.1 Å². The van der Waals surface area contributed by atoms with Crippen LogP contribution in [0.1, 0.15) is 50.4 Å². The summed E-state index contributed by atoms with van der Waals surface area (Å²) in [6.07, 6.45) is 5.07. The summed E-state index contributed by atoms with van der Waals surface area (Å²) in [5, 5.41) is 3.55. The van der Waals surface area contributed by atoms with Gasteiger partial charge < -0.3 is 9.64 Å². The second-order valence-electron chi connectivity index (χ2n) is 7.99. The number of aromatic nitrogens is 1. The summed E-state index contributed by atoms with van der Waals surface area (Å²) in [5.41, 5.74) is 2.75. The van der Waals surface area contributed by atoms with Crippen LogP contribution >= 0.6 is 0 Å². The van der Waals surface area contributed by atoms with Crippen molar-refractivity contribution < 1.29 is 13.9 Å². The maximum atomic E-state index is 14.7. The smallest absolute Gasteiger partial charge is 0.242 e. The summed E-state index contributed by atoms with van der Waals surface area (Å²) < 4.78 is 20.3. The van der Waals surface area contributed by atoms with Gasteiger partial charge in [-0.2, -0.15) is 0 Å². The monoisotopic (exact) mass is 397 g/mol. The molecule has 5 nitrogen and oxygen atoms in total. The predicted octanol–water partition coefficient (Wildman–Crippen LogP) is 3.87. The molecule has 2 unspecified atom stereocenters. The lowest BCUT2D eigenvalue weighted by Gasteiger charge is -2.23. The highest BCUT2D eigenvalue weighted by molar-refractivity contribution is 5.88. The summed E-state index contributed by atoms with van der Waals surface area (Å²) in [7, 11) is 1.85. The fourth-order valence-corrected chi connectivity index (χ4v) is 4.58. The molecule has 1 aromatic carbocycles. The molecule has 3 heterocycles. The lowest BCUT2D eigenvalue weighted by atomic mass is 9.95. The molecule has 6 heteroatoms. The standard InChI is InChI=1S/C23H28FN3O2/c1-4-15-14-25-21(20-8-9-23(26-20)10-11-27(3)22(23)28)13-17(15)18-12-16(29-5-2)6-7-19(18)24/h6-7,12-14,20,26H,4-5,8-11H2,1-3H3. The molecule has 2 saturated heterocycles. The normalized spacial score (nSPS) is 23.9. The van der Waals surface area contributed by atoms with Crippen molar-refractivity contribution in [3.8, 4) is 16.9 Å². The number of carbonyl (C=O) groups excluding carboxylic acids is 1. The molecule has 0 aliphatic carbocycles. The Labute approximate surface area is 171 Å². The van der Waals surface area contributed by atoms with E-state index in [0.717, 1.165) is 49.0 Å². The van der Waals surface area contributed by atoms with E-state index in [9.17, 15) is 9.18 Å². The summed E-state index contributed by atoms with van der Waals surface area (Å²) in [4.78, 5) is 19.1. The maximum absolute atomic E-state index is 14.7. The van der Waals surface area contributed by atoms with Crippen LogP contribution in [0.3, 0.4) is 0 Å². The highest BCUT2D eigenvalue weighted by atomic mass is 19.1. The van der Waals surface area contributed by atoms with Gasteiger partial charge in [-0.1, -0.05) is 6.92 Å². The molecule has 1 N–H and O–H groups in total. The van der Waals surface area contributed by atoms with E-state index in [-0.39, 0.29) is 17.8 Å². The molecule has 2 aliphatic heterocycles. The molecule has 2 aromatic rings. The number of amides is 1. The Balaban J connectivity index is 1.68. The van der Waals surface area contributed by atoms with E-state index in [1.54, 1.807) is 17.0 Å². The number of hydrogen-bond acceptors (Lipinski definition) is 4. The molecule has 0 bridgehead atoms. The van der Waals surface area contributed by atoms with Crippen molar-refractivity contribution in [2.45, 2.75) is 51.1 Å². The molecule has 0 saturated carbocycles. The first kappa shape index (κ1) is 19.8. The number of pyridine rings is 1. The van der Waals surface area contributed by atoms with E-state index < -0.39 is 5.54 Å². The van der Waals surface area contributed by atoms with Crippen LogP contribution in [0.4, 0.5) is 4.39 Å². The molecule has 1 spiro atoms. The van der Waals surface area contributed by atoms with Crippen LogP contribution in [-0.4, -0.2) is 41.5 Å². The van der Waals surface area contributed by atoms with Crippen LogP contribution in [0.2, 0.25) is 0 Å². The summed E-state index contributed by atoms with van der Waals surface area (Å²) in [5.74, 6) is 0.548. The van der Waals surface area contributed by atoms with Crippen LogP contribution in [0.15, 0.2) is 30.5 Å². The minimum atomic E-state index is -0.467. The predicted molar refractivity (Wildman–Crippen MR) is 110 cm³/mol. The zero-order valence-corrected chi connectivity index (χ0v) is 17.3. The number of ether oxygens (including phenoxy) is 1. The van der Waals surface area contributed by atoms with Crippen molar-refractivity contribution in [2.24, 2.45) is 0 Å².